The lowest BCUT2D eigenvalue weighted by atomic mass is 10.1. The van der Waals surface area contributed by atoms with Gasteiger partial charge < -0.3 is 9.84 Å². The lowest BCUT2D eigenvalue weighted by Gasteiger charge is -2.06. The number of benzene rings is 1. The van der Waals surface area contributed by atoms with Gasteiger partial charge in [0.1, 0.15) is 5.75 Å². The second kappa shape index (κ2) is 4.97. The monoisotopic (exact) mass is 288 g/mol. The maximum atomic E-state index is 10.8. The molecule has 0 saturated heterocycles. The number of fused-ring (bicyclic) bond motifs is 1. The second-order valence-electron chi connectivity index (χ2n) is 4.28. The topological polar surface area (TPSA) is 63.8 Å². The molecule has 0 amide bonds. The van der Waals surface area contributed by atoms with E-state index in [0.717, 1.165) is 22.0 Å². The van der Waals surface area contributed by atoms with Gasteiger partial charge in [0.15, 0.2) is 4.96 Å². The van der Waals surface area contributed by atoms with Crippen molar-refractivity contribution < 1.29 is 14.6 Å². The summed E-state index contributed by atoms with van der Waals surface area (Å²) in [6.07, 6.45) is 1.70. The molecule has 0 atom stereocenters. The SMILES string of the molecule is COc1ccccc1-c1csc2nc(CC(=O)O)cn12. The molecule has 0 saturated carbocycles. The molecule has 2 aromatic heterocycles. The molecule has 3 rings (SSSR count). The number of hydrogen-bond acceptors (Lipinski definition) is 4. The maximum Gasteiger partial charge on any atom is 0.309 e. The molecule has 5 nitrogen and oxygen atoms in total. The Balaban J connectivity index is 2.11. The number of carbonyl (C=O) groups is 1. The number of imidazole rings is 1. The molecule has 1 aromatic carbocycles. The molecule has 0 aliphatic carbocycles. The van der Waals surface area contributed by atoms with Crippen LogP contribution in [0.3, 0.4) is 0 Å². The van der Waals surface area contributed by atoms with Gasteiger partial charge in [-0.05, 0) is 12.1 Å². The summed E-state index contributed by atoms with van der Waals surface area (Å²) in [6, 6.07) is 7.72. The number of carboxylic acid groups (broad SMARTS) is 1. The molecule has 1 N–H and O–H groups in total. The largest absolute Gasteiger partial charge is 0.496 e. The molecule has 0 bridgehead atoms. The van der Waals surface area contributed by atoms with Crippen LogP contribution in [0, 0.1) is 0 Å². The Bertz CT molecular complexity index is 776. The quantitative estimate of drug-likeness (QED) is 0.801. The third-order valence-electron chi connectivity index (χ3n) is 2.97. The third-order valence-corrected chi connectivity index (χ3v) is 3.81. The van der Waals surface area contributed by atoms with E-state index in [9.17, 15) is 4.79 Å². The van der Waals surface area contributed by atoms with Crippen LogP contribution in [0.25, 0.3) is 16.2 Å². The zero-order valence-electron chi connectivity index (χ0n) is 10.7. The molecular formula is C14H12N2O3S. The first-order valence-electron chi connectivity index (χ1n) is 5.99. The van der Waals surface area contributed by atoms with E-state index in [-0.39, 0.29) is 6.42 Å². The summed E-state index contributed by atoms with van der Waals surface area (Å²) in [5.41, 5.74) is 2.47. The maximum absolute atomic E-state index is 10.8. The minimum atomic E-state index is -0.880. The summed E-state index contributed by atoms with van der Waals surface area (Å²) < 4.78 is 7.27. The molecule has 6 heteroatoms. The first kappa shape index (κ1) is 12.7. The Morgan fingerprint density at radius 2 is 2.25 bits per heavy atom. The van der Waals surface area contributed by atoms with Gasteiger partial charge in [0.2, 0.25) is 0 Å². The Hall–Kier alpha value is -2.34. The normalized spacial score (nSPS) is 10.8. The van der Waals surface area contributed by atoms with Crippen molar-refractivity contribution in [2.24, 2.45) is 0 Å². The van der Waals surface area contributed by atoms with E-state index in [1.165, 1.54) is 11.3 Å². The number of carboxylic acids is 1. The van der Waals surface area contributed by atoms with Crippen LogP contribution < -0.4 is 4.74 Å². The molecule has 0 radical (unpaired) electrons. The molecule has 3 aromatic rings. The van der Waals surface area contributed by atoms with Crippen molar-refractivity contribution in [2.45, 2.75) is 6.42 Å². The molecule has 0 fully saturated rings. The first-order valence-corrected chi connectivity index (χ1v) is 6.87. The van der Waals surface area contributed by atoms with Crippen LogP contribution in [0.5, 0.6) is 5.75 Å². The van der Waals surface area contributed by atoms with E-state index in [1.54, 1.807) is 13.3 Å². The fourth-order valence-electron chi connectivity index (χ4n) is 2.12. The lowest BCUT2D eigenvalue weighted by molar-refractivity contribution is -0.136. The van der Waals surface area contributed by atoms with Crippen molar-refractivity contribution in [1.82, 2.24) is 9.38 Å². The number of methoxy groups -OCH3 is 1. The predicted octanol–water partition coefficient (Wildman–Crippen LogP) is 2.70. The third kappa shape index (κ3) is 2.14. The Morgan fingerprint density at radius 3 is 3.00 bits per heavy atom. The van der Waals surface area contributed by atoms with Crippen LogP contribution in [-0.2, 0) is 11.2 Å². The smallest absolute Gasteiger partial charge is 0.309 e. The molecule has 0 aliphatic rings. The predicted molar refractivity (Wildman–Crippen MR) is 76.4 cm³/mol. The van der Waals surface area contributed by atoms with E-state index in [2.05, 4.69) is 4.98 Å². The minimum absolute atomic E-state index is 0.0697. The number of aromatic nitrogens is 2. The number of ether oxygens (including phenoxy) is 1. The highest BCUT2D eigenvalue weighted by Gasteiger charge is 2.14. The van der Waals surface area contributed by atoms with Crippen molar-refractivity contribution in [2.75, 3.05) is 7.11 Å². The van der Waals surface area contributed by atoms with E-state index >= 15 is 0 Å². The van der Waals surface area contributed by atoms with Crippen LogP contribution in [0.15, 0.2) is 35.8 Å². The highest BCUT2D eigenvalue weighted by Crippen LogP contribution is 2.32. The molecular weight excluding hydrogens is 276 g/mol. The van der Waals surface area contributed by atoms with Crippen molar-refractivity contribution in [3.05, 3.63) is 41.5 Å². The summed E-state index contributed by atoms with van der Waals surface area (Å²) in [5, 5.41) is 10.8. The number of para-hydroxylation sites is 1. The standard InChI is InChI=1S/C14H12N2O3S/c1-19-12-5-3-2-4-10(12)11-8-20-14-15-9(6-13(17)18)7-16(11)14/h2-5,7-8H,6H2,1H3,(H,17,18). The van der Waals surface area contributed by atoms with Gasteiger partial charge in [-0.15, -0.1) is 11.3 Å². The Morgan fingerprint density at radius 1 is 1.45 bits per heavy atom. The van der Waals surface area contributed by atoms with E-state index < -0.39 is 5.97 Å². The van der Waals surface area contributed by atoms with E-state index in [0.29, 0.717) is 5.69 Å². The number of rotatable bonds is 4. The minimum Gasteiger partial charge on any atom is -0.496 e. The summed E-state index contributed by atoms with van der Waals surface area (Å²) >= 11 is 1.48. The Kier molecular flexibility index (Phi) is 3.15. The number of aliphatic carboxylic acids is 1. The molecule has 0 unspecified atom stereocenters. The van der Waals surface area contributed by atoms with Crippen LogP contribution in [-0.4, -0.2) is 27.6 Å². The summed E-state index contributed by atoms with van der Waals surface area (Å²) in [7, 11) is 1.63. The van der Waals surface area contributed by atoms with E-state index in [1.807, 2.05) is 34.0 Å². The first-order chi connectivity index (χ1) is 9.69. The summed E-state index contributed by atoms with van der Waals surface area (Å²) in [5.74, 6) is -0.102. The molecule has 2 heterocycles. The van der Waals surface area contributed by atoms with Gasteiger partial charge in [-0.1, -0.05) is 12.1 Å². The highest BCUT2D eigenvalue weighted by molar-refractivity contribution is 7.15. The van der Waals surface area contributed by atoms with Gasteiger partial charge in [0, 0.05) is 17.1 Å². The number of nitrogens with zero attached hydrogens (tertiary/aromatic N) is 2. The van der Waals surface area contributed by atoms with Crippen molar-refractivity contribution in [3.63, 3.8) is 0 Å². The number of hydrogen-bond donors (Lipinski definition) is 1. The van der Waals surface area contributed by atoms with Crippen LogP contribution in [0.1, 0.15) is 5.69 Å². The van der Waals surface area contributed by atoms with Crippen LogP contribution >= 0.6 is 11.3 Å². The van der Waals surface area contributed by atoms with Crippen LogP contribution in [0.4, 0.5) is 0 Å². The zero-order chi connectivity index (χ0) is 14.1. The number of thiazole rings is 1. The Labute approximate surface area is 119 Å². The van der Waals surface area contributed by atoms with Gasteiger partial charge in [0.05, 0.1) is 24.9 Å². The lowest BCUT2D eigenvalue weighted by Crippen LogP contribution is -1.99. The highest BCUT2D eigenvalue weighted by atomic mass is 32.1. The van der Waals surface area contributed by atoms with Crippen molar-refractivity contribution >= 4 is 22.3 Å². The molecule has 20 heavy (non-hydrogen) atoms. The average Bonchev–Trinajstić information content (AvgIpc) is 2.97. The van der Waals surface area contributed by atoms with Crippen molar-refractivity contribution in [1.29, 1.82) is 0 Å². The fourth-order valence-corrected chi connectivity index (χ4v) is 3.01. The summed E-state index contributed by atoms with van der Waals surface area (Å²) in [6.45, 7) is 0. The van der Waals surface area contributed by atoms with Gasteiger partial charge in [-0.2, -0.15) is 0 Å². The molecule has 0 aliphatic heterocycles. The van der Waals surface area contributed by atoms with Gasteiger partial charge in [0.25, 0.3) is 0 Å². The van der Waals surface area contributed by atoms with Crippen LogP contribution in [0.2, 0.25) is 0 Å². The van der Waals surface area contributed by atoms with Gasteiger partial charge in [-0.25, -0.2) is 4.98 Å². The molecule has 0 spiro atoms. The summed E-state index contributed by atoms with van der Waals surface area (Å²) in [4.78, 5) is 15.9. The zero-order valence-corrected chi connectivity index (χ0v) is 11.6. The van der Waals surface area contributed by atoms with Gasteiger partial charge >= 0.3 is 5.97 Å². The van der Waals surface area contributed by atoms with Gasteiger partial charge in [-0.3, -0.25) is 9.20 Å². The second-order valence-corrected chi connectivity index (χ2v) is 5.11. The molecule has 102 valence electrons. The van der Waals surface area contributed by atoms with E-state index in [4.69, 9.17) is 9.84 Å². The van der Waals surface area contributed by atoms with Crippen molar-refractivity contribution in [3.8, 4) is 17.0 Å². The fraction of sp³-hybridized carbons (Fsp3) is 0.143. The average molecular weight is 288 g/mol.